The van der Waals surface area contributed by atoms with Gasteiger partial charge in [-0.25, -0.2) is 0 Å². The first-order valence-electron chi connectivity index (χ1n) is 6.90. The Hall–Kier alpha value is -0.610. The van der Waals surface area contributed by atoms with Crippen LogP contribution in [-0.2, 0) is 0 Å². The molecule has 0 bridgehead atoms. The summed E-state index contributed by atoms with van der Waals surface area (Å²) < 4.78 is 0. The summed E-state index contributed by atoms with van der Waals surface area (Å²) in [5.41, 5.74) is 0. The summed E-state index contributed by atoms with van der Waals surface area (Å²) in [7, 11) is 0.162. The maximum atomic E-state index is 2.51. The fourth-order valence-electron chi connectivity index (χ4n) is 3.24. The molecular formula is C16H21P. The van der Waals surface area contributed by atoms with Gasteiger partial charge in [-0.1, -0.05) is 50.4 Å². The van der Waals surface area contributed by atoms with Crippen molar-refractivity contribution in [2.75, 3.05) is 12.3 Å². The highest BCUT2D eigenvalue weighted by Crippen LogP contribution is 2.48. The van der Waals surface area contributed by atoms with Crippen molar-refractivity contribution in [2.45, 2.75) is 25.7 Å². The van der Waals surface area contributed by atoms with Gasteiger partial charge >= 0.3 is 0 Å². The Labute approximate surface area is 106 Å². The largest absolute Gasteiger partial charge is 0.0882 e. The predicted molar refractivity (Wildman–Crippen MR) is 77.3 cm³/mol. The van der Waals surface area contributed by atoms with Crippen LogP contribution in [0.1, 0.15) is 25.7 Å². The lowest BCUT2D eigenvalue weighted by atomic mass is 9.84. The normalized spacial score (nSPS) is 32.8. The topological polar surface area (TPSA) is 0 Å². The molecule has 1 aliphatic carbocycles. The molecule has 1 aliphatic heterocycles. The zero-order valence-corrected chi connectivity index (χ0v) is 11.3. The van der Waals surface area contributed by atoms with E-state index in [2.05, 4.69) is 42.5 Å². The van der Waals surface area contributed by atoms with E-state index in [0.29, 0.717) is 0 Å². The van der Waals surface area contributed by atoms with E-state index in [1.165, 1.54) is 38.0 Å². The molecule has 1 heteroatoms. The third kappa shape index (κ3) is 2.63. The quantitative estimate of drug-likeness (QED) is 0.541. The molecule has 3 unspecified atom stereocenters. The van der Waals surface area contributed by atoms with Gasteiger partial charge in [0.2, 0.25) is 0 Å². The molecule has 17 heavy (non-hydrogen) atoms. The number of allylic oxidation sites excluding steroid dienone is 2. The smallest absolute Gasteiger partial charge is 0.0201 e. The summed E-state index contributed by atoms with van der Waals surface area (Å²) in [6.45, 7) is 0. The Morgan fingerprint density at radius 1 is 1.06 bits per heavy atom. The van der Waals surface area contributed by atoms with Crippen molar-refractivity contribution in [3.63, 3.8) is 0 Å². The maximum absolute atomic E-state index is 2.51. The minimum Gasteiger partial charge on any atom is -0.0882 e. The molecule has 0 radical (unpaired) electrons. The van der Waals surface area contributed by atoms with Crippen molar-refractivity contribution in [3.8, 4) is 0 Å². The van der Waals surface area contributed by atoms with Crippen LogP contribution in [0, 0.1) is 11.8 Å². The van der Waals surface area contributed by atoms with Crippen LogP contribution in [0.2, 0.25) is 0 Å². The molecular weight excluding hydrogens is 223 g/mol. The van der Waals surface area contributed by atoms with E-state index in [-0.39, 0.29) is 7.92 Å². The first-order valence-corrected chi connectivity index (χ1v) is 8.61. The Morgan fingerprint density at radius 2 is 1.94 bits per heavy atom. The Kier molecular flexibility index (Phi) is 3.62. The van der Waals surface area contributed by atoms with Gasteiger partial charge in [-0.3, -0.25) is 0 Å². The highest BCUT2D eigenvalue weighted by molar-refractivity contribution is 7.65. The Balaban J connectivity index is 1.65. The van der Waals surface area contributed by atoms with Crippen LogP contribution in [-0.4, -0.2) is 12.3 Å². The van der Waals surface area contributed by atoms with E-state index in [4.69, 9.17) is 0 Å². The first-order chi connectivity index (χ1) is 8.43. The second-order valence-corrected chi connectivity index (χ2v) is 7.76. The maximum Gasteiger partial charge on any atom is -0.0201 e. The molecule has 3 atom stereocenters. The van der Waals surface area contributed by atoms with Crippen molar-refractivity contribution < 1.29 is 0 Å². The fourth-order valence-corrected chi connectivity index (χ4v) is 6.15. The SMILES string of the molecule is C1=CC(C2CCP(c3ccccc3)C2)CCC1. The van der Waals surface area contributed by atoms with Crippen LogP contribution in [0.25, 0.3) is 0 Å². The Morgan fingerprint density at radius 3 is 2.71 bits per heavy atom. The van der Waals surface area contributed by atoms with Crippen molar-refractivity contribution >= 4 is 13.2 Å². The van der Waals surface area contributed by atoms with Gasteiger partial charge in [0.15, 0.2) is 0 Å². The van der Waals surface area contributed by atoms with E-state index in [1.54, 1.807) is 5.30 Å². The van der Waals surface area contributed by atoms with Gasteiger partial charge in [0.25, 0.3) is 0 Å². The van der Waals surface area contributed by atoms with Gasteiger partial charge < -0.3 is 0 Å². The molecule has 0 amide bonds. The lowest BCUT2D eigenvalue weighted by Gasteiger charge is -2.23. The van der Waals surface area contributed by atoms with Gasteiger partial charge in [-0.15, -0.1) is 0 Å². The minimum absolute atomic E-state index is 0.162. The molecule has 0 aromatic heterocycles. The fraction of sp³-hybridized carbons (Fsp3) is 0.500. The first kappa shape index (κ1) is 11.5. The summed E-state index contributed by atoms with van der Waals surface area (Å²) in [5.74, 6) is 1.89. The molecule has 90 valence electrons. The number of benzene rings is 1. The zero-order chi connectivity index (χ0) is 11.5. The van der Waals surface area contributed by atoms with E-state index in [9.17, 15) is 0 Å². The predicted octanol–water partition coefficient (Wildman–Crippen LogP) is 4.17. The van der Waals surface area contributed by atoms with Crippen LogP contribution in [0.4, 0.5) is 0 Å². The van der Waals surface area contributed by atoms with Crippen LogP contribution < -0.4 is 5.30 Å². The van der Waals surface area contributed by atoms with Crippen LogP contribution >= 0.6 is 7.92 Å². The van der Waals surface area contributed by atoms with Gasteiger partial charge in [0, 0.05) is 0 Å². The standard InChI is InChI=1S/C16H21P/c1-3-7-14(8-4-1)15-11-12-17(13-15)16-9-5-2-6-10-16/h2-3,5-7,9-10,14-15H,1,4,8,11-13H2. The summed E-state index contributed by atoms with van der Waals surface area (Å²) >= 11 is 0. The van der Waals surface area contributed by atoms with Crippen LogP contribution in [0.15, 0.2) is 42.5 Å². The lowest BCUT2D eigenvalue weighted by molar-refractivity contribution is 0.392. The van der Waals surface area contributed by atoms with E-state index >= 15 is 0 Å². The average Bonchev–Trinajstić information content (AvgIpc) is 2.90. The van der Waals surface area contributed by atoms with E-state index < -0.39 is 0 Å². The molecule has 1 aromatic carbocycles. The number of hydrogen-bond donors (Lipinski definition) is 0. The van der Waals surface area contributed by atoms with E-state index in [0.717, 1.165) is 11.8 Å². The van der Waals surface area contributed by atoms with Crippen LogP contribution in [0.5, 0.6) is 0 Å². The van der Waals surface area contributed by atoms with E-state index in [1.807, 2.05) is 0 Å². The van der Waals surface area contributed by atoms with Crippen molar-refractivity contribution in [2.24, 2.45) is 11.8 Å². The van der Waals surface area contributed by atoms with Gasteiger partial charge in [0.1, 0.15) is 0 Å². The molecule has 0 nitrogen and oxygen atoms in total. The van der Waals surface area contributed by atoms with Gasteiger partial charge in [0.05, 0.1) is 0 Å². The summed E-state index contributed by atoms with van der Waals surface area (Å²) in [5, 5.41) is 1.63. The average molecular weight is 244 g/mol. The molecule has 0 spiro atoms. The summed E-state index contributed by atoms with van der Waals surface area (Å²) in [4.78, 5) is 0. The minimum atomic E-state index is 0.162. The summed E-state index contributed by atoms with van der Waals surface area (Å²) in [6.07, 6.45) is 13.5. The highest BCUT2D eigenvalue weighted by Gasteiger charge is 2.30. The molecule has 1 aromatic rings. The molecule has 1 heterocycles. The third-order valence-electron chi connectivity index (χ3n) is 4.24. The summed E-state index contributed by atoms with van der Waals surface area (Å²) in [6, 6.07) is 11.2. The number of hydrogen-bond acceptors (Lipinski definition) is 0. The number of rotatable bonds is 2. The monoisotopic (exact) mass is 244 g/mol. The lowest BCUT2D eigenvalue weighted by Crippen LogP contribution is -2.14. The molecule has 2 aliphatic rings. The molecule has 1 fully saturated rings. The van der Waals surface area contributed by atoms with Crippen LogP contribution in [0.3, 0.4) is 0 Å². The zero-order valence-electron chi connectivity index (χ0n) is 10.4. The Bertz CT molecular complexity index is 382. The highest BCUT2D eigenvalue weighted by atomic mass is 31.1. The molecule has 0 N–H and O–H groups in total. The molecule has 0 saturated carbocycles. The molecule has 3 rings (SSSR count). The van der Waals surface area contributed by atoms with Crippen molar-refractivity contribution in [1.82, 2.24) is 0 Å². The second-order valence-electron chi connectivity index (χ2n) is 5.35. The second kappa shape index (κ2) is 5.36. The third-order valence-corrected chi connectivity index (χ3v) is 6.98. The van der Waals surface area contributed by atoms with Gasteiger partial charge in [-0.2, -0.15) is 0 Å². The van der Waals surface area contributed by atoms with Gasteiger partial charge in [-0.05, 0) is 55.1 Å². The molecule has 1 saturated heterocycles. The van der Waals surface area contributed by atoms with Crippen molar-refractivity contribution in [1.29, 1.82) is 0 Å². The van der Waals surface area contributed by atoms with Crippen molar-refractivity contribution in [3.05, 3.63) is 42.5 Å².